The van der Waals surface area contributed by atoms with E-state index in [0.29, 0.717) is 5.95 Å². The summed E-state index contributed by atoms with van der Waals surface area (Å²) in [5.74, 6) is 8.23. The lowest BCUT2D eigenvalue weighted by molar-refractivity contribution is 0.784. The van der Waals surface area contributed by atoms with Crippen LogP contribution in [0.4, 0.5) is 11.8 Å². The molecule has 0 amide bonds. The molecule has 0 radical (unpaired) electrons. The summed E-state index contributed by atoms with van der Waals surface area (Å²) < 4.78 is 0. The second kappa shape index (κ2) is 4.02. The van der Waals surface area contributed by atoms with Gasteiger partial charge in [0.15, 0.2) is 0 Å². The van der Waals surface area contributed by atoms with Gasteiger partial charge in [-0.15, -0.1) is 0 Å². The van der Waals surface area contributed by atoms with Crippen LogP contribution in [0.2, 0.25) is 0 Å². The smallest absolute Gasteiger partial charge is 0.239 e. The molecule has 2 atom stereocenters. The van der Waals surface area contributed by atoms with Crippen LogP contribution in [0.5, 0.6) is 0 Å². The van der Waals surface area contributed by atoms with E-state index in [4.69, 9.17) is 5.84 Å². The van der Waals surface area contributed by atoms with Crippen molar-refractivity contribution in [1.29, 1.82) is 0 Å². The highest BCUT2D eigenvalue weighted by Gasteiger charge is 2.31. The summed E-state index contributed by atoms with van der Waals surface area (Å²) in [7, 11) is 0. The van der Waals surface area contributed by atoms with Crippen molar-refractivity contribution in [2.75, 3.05) is 17.3 Å². The van der Waals surface area contributed by atoms with Crippen molar-refractivity contribution in [1.82, 2.24) is 9.97 Å². The molecular weight excluding hydrogens is 190 g/mol. The zero-order valence-electron chi connectivity index (χ0n) is 9.12. The molecule has 2 unspecified atom stereocenters. The van der Waals surface area contributed by atoms with Gasteiger partial charge >= 0.3 is 0 Å². The second-order valence-corrected chi connectivity index (χ2v) is 4.22. The molecule has 1 aliphatic rings. The van der Waals surface area contributed by atoms with E-state index in [0.717, 1.165) is 29.9 Å². The zero-order valence-corrected chi connectivity index (χ0v) is 9.12. The maximum Gasteiger partial charge on any atom is 0.239 e. The first kappa shape index (κ1) is 10.2. The molecule has 0 spiro atoms. The number of hydrogen-bond acceptors (Lipinski definition) is 5. The summed E-state index contributed by atoms with van der Waals surface area (Å²) in [5, 5.41) is 3.31. The molecule has 2 rings (SSSR count). The van der Waals surface area contributed by atoms with Crippen LogP contribution >= 0.6 is 0 Å². The summed E-state index contributed by atoms with van der Waals surface area (Å²) in [6.07, 6.45) is 1.32. The minimum atomic E-state index is 0.460. The molecule has 5 nitrogen and oxygen atoms in total. The molecule has 1 saturated carbocycles. The fourth-order valence-corrected chi connectivity index (χ4v) is 1.64. The molecule has 0 bridgehead atoms. The Balaban J connectivity index is 1.97. The van der Waals surface area contributed by atoms with E-state index < -0.39 is 0 Å². The molecule has 15 heavy (non-hydrogen) atoms. The van der Waals surface area contributed by atoms with Crippen LogP contribution in [-0.2, 0) is 0 Å². The maximum absolute atomic E-state index is 5.28. The minimum absolute atomic E-state index is 0.460. The lowest BCUT2D eigenvalue weighted by atomic mass is 10.3. The number of nitrogens with two attached hydrogens (primary N) is 1. The highest BCUT2D eigenvalue weighted by Crippen LogP contribution is 2.37. The molecule has 1 heterocycles. The Morgan fingerprint density at radius 1 is 1.53 bits per heavy atom. The number of aryl methyl sites for hydroxylation is 1. The van der Waals surface area contributed by atoms with Gasteiger partial charge in [-0.1, -0.05) is 6.92 Å². The van der Waals surface area contributed by atoms with E-state index in [9.17, 15) is 0 Å². The van der Waals surface area contributed by atoms with Gasteiger partial charge in [0.25, 0.3) is 0 Å². The Kier molecular flexibility index (Phi) is 2.73. The molecule has 1 aliphatic carbocycles. The predicted octanol–water partition coefficient (Wildman–Crippen LogP) is 1.14. The predicted molar refractivity (Wildman–Crippen MR) is 60.3 cm³/mol. The lowest BCUT2D eigenvalue weighted by Crippen LogP contribution is -2.13. The highest BCUT2D eigenvalue weighted by atomic mass is 15.3. The van der Waals surface area contributed by atoms with E-state index in [1.165, 1.54) is 6.42 Å². The van der Waals surface area contributed by atoms with Crippen molar-refractivity contribution in [3.8, 4) is 0 Å². The number of hydrazine groups is 1. The van der Waals surface area contributed by atoms with Crippen molar-refractivity contribution in [3.63, 3.8) is 0 Å². The van der Waals surface area contributed by atoms with E-state index >= 15 is 0 Å². The lowest BCUT2D eigenvalue weighted by Gasteiger charge is -2.07. The van der Waals surface area contributed by atoms with Crippen LogP contribution in [0.1, 0.15) is 19.0 Å². The van der Waals surface area contributed by atoms with Gasteiger partial charge in [-0.05, 0) is 25.2 Å². The monoisotopic (exact) mass is 207 g/mol. The molecule has 82 valence electrons. The fraction of sp³-hybridized carbons (Fsp3) is 0.600. The normalized spacial score (nSPS) is 23.7. The van der Waals surface area contributed by atoms with Crippen LogP contribution in [0.15, 0.2) is 6.07 Å². The van der Waals surface area contributed by atoms with Crippen LogP contribution in [0.25, 0.3) is 0 Å². The van der Waals surface area contributed by atoms with Crippen molar-refractivity contribution < 1.29 is 0 Å². The van der Waals surface area contributed by atoms with E-state index in [2.05, 4.69) is 27.6 Å². The van der Waals surface area contributed by atoms with Gasteiger partial charge in [0, 0.05) is 18.3 Å². The summed E-state index contributed by atoms with van der Waals surface area (Å²) in [6, 6.07) is 1.92. The number of anilines is 2. The van der Waals surface area contributed by atoms with Gasteiger partial charge in [-0.2, -0.15) is 4.98 Å². The van der Waals surface area contributed by atoms with Gasteiger partial charge in [-0.3, -0.25) is 5.43 Å². The SMILES string of the molecule is Cc1cc(NCC2CC2C)nc(NN)n1. The molecule has 1 fully saturated rings. The molecule has 4 N–H and O–H groups in total. The van der Waals surface area contributed by atoms with Crippen molar-refractivity contribution >= 4 is 11.8 Å². The Hall–Kier alpha value is -1.36. The Labute approximate surface area is 89.5 Å². The van der Waals surface area contributed by atoms with Crippen molar-refractivity contribution in [2.24, 2.45) is 17.7 Å². The third-order valence-electron chi connectivity index (χ3n) is 2.80. The zero-order chi connectivity index (χ0) is 10.8. The maximum atomic E-state index is 5.28. The highest BCUT2D eigenvalue weighted by molar-refractivity contribution is 5.41. The third kappa shape index (κ3) is 2.56. The van der Waals surface area contributed by atoms with Gasteiger partial charge in [0.1, 0.15) is 5.82 Å². The number of rotatable bonds is 4. The molecule has 5 heteroatoms. The van der Waals surface area contributed by atoms with Crippen LogP contribution in [-0.4, -0.2) is 16.5 Å². The first-order chi connectivity index (χ1) is 7.19. The van der Waals surface area contributed by atoms with Crippen LogP contribution in [0.3, 0.4) is 0 Å². The molecule has 1 aromatic rings. The summed E-state index contributed by atoms with van der Waals surface area (Å²) in [4.78, 5) is 8.34. The number of nitrogen functional groups attached to an aromatic ring is 1. The molecule has 0 saturated heterocycles. The number of nitrogens with one attached hydrogen (secondary N) is 2. The summed E-state index contributed by atoms with van der Waals surface area (Å²) >= 11 is 0. The molecule has 1 aromatic heterocycles. The number of hydrogen-bond donors (Lipinski definition) is 3. The van der Waals surface area contributed by atoms with Gasteiger partial charge < -0.3 is 5.32 Å². The van der Waals surface area contributed by atoms with Gasteiger partial charge in [-0.25, -0.2) is 10.8 Å². The number of aromatic nitrogens is 2. The number of nitrogens with zero attached hydrogens (tertiary/aromatic N) is 2. The molecule has 0 aromatic carbocycles. The van der Waals surface area contributed by atoms with Gasteiger partial charge in [0.2, 0.25) is 5.95 Å². The Morgan fingerprint density at radius 2 is 2.27 bits per heavy atom. The van der Waals surface area contributed by atoms with Gasteiger partial charge in [0.05, 0.1) is 0 Å². The summed E-state index contributed by atoms with van der Waals surface area (Å²) in [5.41, 5.74) is 3.36. The van der Waals surface area contributed by atoms with E-state index in [-0.39, 0.29) is 0 Å². The average Bonchev–Trinajstić information content (AvgIpc) is 2.91. The first-order valence-electron chi connectivity index (χ1n) is 5.25. The van der Waals surface area contributed by atoms with Crippen LogP contribution < -0.4 is 16.6 Å². The fourth-order valence-electron chi connectivity index (χ4n) is 1.64. The quantitative estimate of drug-likeness (QED) is 0.510. The average molecular weight is 207 g/mol. The Bertz CT molecular complexity index is 352. The van der Waals surface area contributed by atoms with Crippen molar-refractivity contribution in [2.45, 2.75) is 20.3 Å². The first-order valence-corrected chi connectivity index (χ1v) is 5.25. The topological polar surface area (TPSA) is 75.9 Å². The van der Waals surface area contributed by atoms with E-state index in [1.54, 1.807) is 0 Å². The van der Waals surface area contributed by atoms with Crippen molar-refractivity contribution in [3.05, 3.63) is 11.8 Å². The molecular formula is C10H17N5. The third-order valence-corrected chi connectivity index (χ3v) is 2.80. The second-order valence-electron chi connectivity index (χ2n) is 4.22. The standard InChI is InChI=1S/C10H17N5/c1-6-3-8(6)5-12-9-4-7(2)13-10(14-9)15-11/h4,6,8H,3,5,11H2,1-2H3,(H2,12,13,14,15). The largest absolute Gasteiger partial charge is 0.370 e. The Morgan fingerprint density at radius 3 is 2.87 bits per heavy atom. The van der Waals surface area contributed by atoms with E-state index in [1.807, 2.05) is 13.0 Å². The minimum Gasteiger partial charge on any atom is -0.370 e. The molecule has 0 aliphatic heterocycles. The van der Waals surface area contributed by atoms with Crippen LogP contribution in [0, 0.1) is 18.8 Å². The summed E-state index contributed by atoms with van der Waals surface area (Å²) in [6.45, 7) is 5.18.